The molecule has 0 radical (unpaired) electrons. The molecule has 3 aromatic rings. The average molecular weight is 578 g/mol. The summed E-state index contributed by atoms with van der Waals surface area (Å²) < 4.78 is 11.4. The van der Waals surface area contributed by atoms with Gasteiger partial charge in [0.2, 0.25) is 0 Å². The van der Waals surface area contributed by atoms with E-state index in [1.54, 1.807) is 48.8 Å². The molecule has 2 amide bonds. The minimum atomic E-state index is -0.849. The molecule has 0 aliphatic carbocycles. The molecule has 0 saturated heterocycles. The van der Waals surface area contributed by atoms with Crippen LogP contribution in [0.3, 0.4) is 0 Å². The van der Waals surface area contributed by atoms with Crippen LogP contribution in [0.4, 0.5) is 4.79 Å². The molecule has 9 heteroatoms. The quantitative estimate of drug-likeness (QED) is 0.201. The number of para-hydroxylation sites is 1. The third-order valence-electron chi connectivity index (χ3n) is 6.76. The van der Waals surface area contributed by atoms with Crippen LogP contribution in [0.25, 0.3) is 0 Å². The topological polar surface area (TPSA) is 91.3 Å². The second-order valence-corrected chi connectivity index (χ2v) is 10.7. The van der Waals surface area contributed by atoms with Crippen molar-refractivity contribution < 1.29 is 24.2 Å². The van der Waals surface area contributed by atoms with E-state index in [4.69, 9.17) is 21.1 Å². The summed E-state index contributed by atoms with van der Waals surface area (Å²) in [6.45, 7) is 6.09. The van der Waals surface area contributed by atoms with Gasteiger partial charge < -0.3 is 24.8 Å². The largest absolute Gasteiger partial charge is 0.459 e. The minimum Gasteiger partial charge on any atom is -0.459 e. The second kappa shape index (κ2) is 13.7. The molecule has 41 heavy (non-hydrogen) atoms. The van der Waals surface area contributed by atoms with Crippen LogP contribution in [0.5, 0.6) is 11.5 Å². The van der Waals surface area contributed by atoms with Crippen LogP contribution in [0.2, 0.25) is 5.02 Å². The fraction of sp³-hybridized carbons (Fsp3) is 0.312. The number of hydrogen-bond donors (Lipinski definition) is 2. The Morgan fingerprint density at radius 1 is 1.05 bits per heavy atom. The number of benzene rings is 3. The zero-order valence-electron chi connectivity index (χ0n) is 23.7. The van der Waals surface area contributed by atoms with Gasteiger partial charge in [0.15, 0.2) is 0 Å². The molecule has 0 saturated carbocycles. The normalized spacial score (nSPS) is 16.1. The summed E-state index contributed by atoms with van der Waals surface area (Å²) in [5, 5.41) is 14.3. The Balaban J connectivity index is 1.44. The first-order chi connectivity index (χ1) is 19.6. The van der Waals surface area contributed by atoms with Gasteiger partial charge >= 0.3 is 12.0 Å². The Labute approximate surface area is 246 Å². The van der Waals surface area contributed by atoms with E-state index in [9.17, 15) is 14.7 Å². The molecule has 3 aromatic carbocycles. The summed E-state index contributed by atoms with van der Waals surface area (Å²) in [6, 6.07) is 23.0. The number of urea groups is 1. The maximum Gasteiger partial charge on any atom is 0.338 e. The average Bonchev–Trinajstić information content (AvgIpc) is 2.94. The van der Waals surface area contributed by atoms with Gasteiger partial charge in [0.25, 0.3) is 0 Å². The Bertz CT molecular complexity index is 1380. The molecule has 8 nitrogen and oxygen atoms in total. The fourth-order valence-electron chi connectivity index (χ4n) is 4.77. The van der Waals surface area contributed by atoms with Crippen molar-refractivity contribution in [2.75, 3.05) is 20.1 Å². The highest BCUT2D eigenvalue weighted by atomic mass is 35.5. The zero-order valence-corrected chi connectivity index (χ0v) is 24.5. The molecule has 0 bridgehead atoms. The molecule has 1 aliphatic heterocycles. The van der Waals surface area contributed by atoms with E-state index in [0.717, 1.165) is 11.3 Å². The lowest BCUT2D eigenvalue weighted by atomic mass is 9.93. The number of allylic oxidation sites excluding steroid dienone is 1. The zero-order chi connectivity index (χ0) is 29.5. The Kier molecular flexibility index (Phi) is 10.0. The molecule has 2 atom stereocenters. The van der Waals surface area contributed by atoms with E-state index in [0.29, 0.717) is 47.1 Å². The molecule has 2 unspecified atom stereocenters. The van der Waals surface area contributed by atoms with E-state index >= 15 is 0 Å². The number of carbonyl (C=O) groups is 2. The number of halogens is 1. The highest BCUT2D eigenvalue weighted by Crippen LogP contribution is 2.36. The van der Waals surface area contributed by atoms with E-state index < -0.39 is 18.2 Å². The molecular formula is C32H36ClN3O5. The number of amides is 2. The van der Waals surface area contributed by atoms with Crippen molar-refractivity contribution in [2.45, 2.75) is 45.6 Å². The number of aliphatic hydroxyl groups is 1. The second-order valence-electron chi connectivity index (χ2n) is 10.3. The van der Waals surface area contributed by atoms with Gasteiger partial charge in [0.1, 0.15) is 17.7 Å². The molecule has 1 heterocycles. The van der Waals surface area contributed by atoms with Gasteiger partial charge in [-0.2, -0.15) is 0 Å². The van der Waals surface area contributed by atoms with Crippen LogP contribution >= 0.6 is 11.6 Å². The Hall–Kier alpha value is -3.85. The monoisotopic (exact) mass is 577 g/mol. The van der Waals surface area contributed by atoms with E-state index in [-0.39, 0.29) is 12.1 Å². The van der Waals surface area contributed by atoms with Crippen molar-refractivity contribution in [3.8, 4) is 11.5 Å². The number of nitrogens with one attached hydrogen (secondary N) is 1. The number of hydrogen-bond acceptors (Lipinski definition) is 6. The lowest BCUT2D eigenvalue weighted by molar-refractivity contribution is -0.143. The lowest BCUT2D eigenvalue weighted by Crippen LogP contribution is -2.49. The Morgan fingerprint density at radius 2 is 1.73 bits per heavy atom. The first-order valence-corrected chi connectivity index (χ1v) is 14.0. The number of carbonyl (C=O) groups excluding carboxylic acids is 2. The van der Waals surface area contributed by atoms with Crippen molar-refractivity contribution in [3.63, 3.8) is 0 Å². The number of nitrogens with zero attached hydrogens (tertiary/aromatic N) is 2. The van der Waals surface area contributed by atoms with Gasteiger partial charge in [-0.1, -0.05) is 54.1 Å². The molecule has 0 aromatic heterocycles. The highest BCUT2D eigenvalue weighted by molar-refractivity contribution is 6.30. The van der Waals surface area contributed by atoms with E-state index in [1.165, 1.54) is 0 Å². The van der Waals surface area contributed by atoms with Crippen molar-refractivity contribution in [1.82, 2.24) is 15.1 Å². The molecule has 2 N–H and O–H groups in total. The summed E-state index contributed by atoms with van der Waals surface area (Å²) in [6.07, 6.45) is -0.625. The molecular weight excluding hydrogens is 542 g/mol. The van der Waals surface area contributed by atoms with Crippen molar-refractivity contribution >= 4 is 23.6 Å². The van der Waals surface area contributed by atoms with E-state index in [1.807, 2.05) is 67.7 Å². The van der Waals surface area contributed by atoms with Crippen LogP contribution in [-0.2, 0) is 9.53 Å². The molecule has 0 spiro atoms. The maximum absolute atomic E-state index is 13.2. The third kappa shape index (κ3) is 7.67. The number of esters is 1. The smallest absolute Gasteiger partial charge is 0.338 e. The number of aliphatic hydroxyl groups excluding tert-OH is 1. The van der Waals surface area contributed by atoms with Gasteiger partial charge in [0, 0.05) is 23.8 Å². The summed E-state index contributed by atoms with van der Waals surface area (Å²) in [5.74, 6) is 0.925. The first kappa shape index (κ1) is 30.1. The van der Waals surface area contributed by atoms with Gasteiger partial charge in [-0.15, -0.1) is 0 Å². The SMILES string of the molecule is CC1=C(C(=O)OC(C)C)C(c2cccc(Cl)c2)N(CCCN(C)C(O)c2ccc(Oc3ccccc3)cc2)C(=O)N1. The predicted molar refractivity (Wildman–Crippen MR) is 159 cm³/mol. The van der Waals surface area contributed by atoms with Gasteiger partial charge in [-0.25, -0.2) is 9.59 Å². The predicted octanol–water partition coefficient (Wildman–Crippen LogP) is 6.44. The van der Waals surface area contributed by atoms with Crippen molar-refractivity contribution in [3.05, 3.63) is 106 Å². The summed E-state index contributed by atoms with van der Waals surface area (Å²) in [7, 11) is 1.82. The van der Waals surface area contributed by atoms with Crippen LogP contribution in [0.1, 0.15) is 50.6 Å². The maximum atomic E-state index is 13.2. The lowest BCUT2D eigenvalue weighted by Gasteiger charge is -2.38. The number of rotatable bonds is 11. The van der Waals surface area contributed by atoms with E-state index in [2.05, 4.69) is 5.32 Å². The summed E-state index contributed by atoms with van der Waals surface area (Å²) in [5.41, 5.74) is 2.26. The molecule has 216 valence electrons. The third-order valence-corrected chi connectivity index (χ3v) is 6.99. The van der Waals surface area contributed by atoms with Crippen LogP contribution < -0.4 is 10.1 Å². The summed E-state index contributed by atoms with van der Waals surface area (Å²) >= 11 is 6.29. The Morgan fingerprint density at radius 3 is 2.39 bits per heavy atom. The molecule has 4 rings (SSSR count). The van der Waals surface area contributed by atoms with Crippen LogP contribution in [-0.4, -0.2) is 53.1 Å². The molecule has 1 aliphatic rings. The van der Waals surface area contributed by atoms with Gasteiger partial charge in [-0.3, -0.25) is 4.90 Å². The van der Waals surface area contributed by atoms with Gasteiger partial charge in [-0.05, 0) is 81.8 Å². The number of ether oxygens (including phenoxy) is 2. The fourth-order valence-corrected chi connectivity index (χ4v) is 4.97. The van der Waals surface area contributed by atoms with Crippen LogP contribution in [0, 0.1) is 0 Å². The van der Waals surface area contributed by atoms with Gasteiger partial charge in [0.05, 0.1) is 17.7 Å². The standard InChI is InChI=1S/C32H36ClN3O5/c1-21(2)40-31(38)28-22(3)34-32(39)36(29(28)24-10-8-11-25(33)20-24)19-9-18-35(4)30(37)23-14-16-27(17-15-23)41-26-12-6-5-7-13-26/h5-8,10-17,20-21,29-30,37H,9,18-19H2,1-4H3,(H,34,39). The highest BCUT2D eigenvalue weighted by Gasteiger charge is 2.38. The molecule has 0 fully saturated rings. The summed E-state index contributed by atoms with van der Waals surface area (Å²) in [4.78, 5) is 29.8. The van der Waals surface area contributed by atoms with Crippen molar-refractivity contribution in [2.24, 2.45) is 0 Å². The van der Waals surface area contributed by atoms with Crippen molar-refractivity contribution in [1.29, 1.82) is 0 Å². The minimum absolute atomic E-state index is 0.314. The first-order valence-electron chi connectivity index (χ1n) is 13.6. The van der Waals surface area contributed by atoms with Crippen LogP contribution in [0.15, 0.2) is 90.1 Å².